The smallest absolute Gasteiger partial charge is 0.0471 e. The Kier molecular flexibility index (Phi) is 6.06. The van der Waals surface area contributed by atoms with Crippen LogP contribution in [0.3, 0.4) is 0 Å². The van der Waals surface area contributed by atoms with Gasteiger partial charge in [-0.05, 0) is 36.8 Å². The quantitative estimate of drug-likeness (QED) is 0.854. The van der Waals surface area contributed by atoms with E-state index < -0.39 is 0 Å². The van der Waals surface area contributed by atoms with Crippen LogP contribution >= 0.6 is 23.4 Å². The average molecular weight is 313 g/mol. The molecule has 1 aromatic rings. The van der Waals surface area contributed by atoms with Crippen molar-refractivity contribution in [3.8, 4) is 0 Å². The van der Waals surface area contributed by atoms with Crippen LogP contribution in [0.15, 0.2) is 18.2 Å². The summed E-state index contributed by atoms with van der Waals surface area (Å²) in [6, 6.07) is 6.89. The monoisotopic (exact) mass is 312 g/mol. The van der Waals surface area contributed by atoms with E-state index in [1.807, 2.05) is 17.8 Å². The van der Waals surface area contributed by atoms with Crippen molar-refractivity contribution in [3.05, 3.63) is 28.8 Å². The average Bonchev–Trinajstić information content (AvgIpc) is 2.93. The number of thioether (sulfide) groups is 1. The molecule has 1 aromatic carbocycles. The fourth-order valence-electron chi connectivity index (χ4n) is 2.56. The first kappa shape index (κ1) is 16.0. The van der Waals surface area contributed by atoms with Crippen molar-refractivity contribution in [2.24, 2.45) is 5.92 Å². The SMILES string of the molecule is CC(C)CNCc1c(Cl)cccc1N(C)C1CCSC1. The summed E-state index contributed by atoms with van der Waals surface area (Å²) in [7, 11) is 2.20. The number of anilines is 1. The summed E-state index contributed by atoms with van der Waals surface area (Å²) in [4.78, 5) is 2.41. The van der Waals surface area contributed by atoms with Crippen LogP contribution in [0.5, 0.6) is 0 Å². The Balaban J connectivity index is 2.12. The molecular formula is C16H25ClN2S. The lowest BCUT2D eigenvalue weighted by Crippen LogP contribution is -2.32. The zero-order chi connectivity index (χ0) is 14.5. The summed E-state index contributed by atoms with van der Waals surface area (Å²) in [6.07, 6.45) is 1.27. The largest absolute Gasteiger partial charge is 0.370 e. The normalized spacial score (nSPS) is 18.8. The maximum absolute atomic E-state index is 6.42. The summed E-state index contributed by atoms with van der Waals surface area (Å²) in [5, 5.41) is 4.38. The summed E-state index contributed by atoms with van der Waals surface area (Å²) in [5.41, 5.74) is 2.51. The number of benzene rings is 1. The Labute approximate surface area is 132 Å². The molecule has 20 heavy (non-hydrogen) atoms. The Morgan fingerprint density at radius 2 is 2.25 bits per heavy atom. The zero-order valence-corrected chi connectivity index (χ0v) is 14.2. The summed E-state index contributed by atoms with van der Waals surface area (Å²) in [6.45, 7) is 6.32. The fraction of sp³-hybridized carbons (Fsp3) is 0.625. The predicted octanol–water partition coefficient (Wildman–Crippen LogP) is 4.03. The van der Waals surface area contributed by atoms with Gasteiger partial charge >= 0.3 is 0 Å². The maximum Gasteiger partial charge on any atom is 0.0471 e. The van der Waals surface area contributed by atoms with Gasteiger partial charge in [-0.3, -0.25) is 0 Å². The molecule has 1 heterocycles. The molecule has 1 fully saturated rings. The van der Waals surface area contributed by atoms with Crippen LogP contribution in [0.4, 0.5) is 5.69 Å². The van der Waals surface area contributed by atoms with Gasteiger partial charge in [0.05, 0.1) is 0 Å². The fourth-order valence-corrected chi connectivity index (χ4v) is 4.07. The van der Waals surface area contributed by atoms with E-state index in [0.717, 1.165) is 18.1 Å². The molecule has 112 valence electrons. The first-order valence-electron chi connectivity index (χ1n) is 7.38. The molecule has 1 aliphatic heterocycles. The highest BCUT2D eigenvalue weighted by Crippen LogP contribution is 2.31. The first-order valence-corrected chi connectivity index (χ1v) is 8.91. The lowest BCUT2D eigenvalue weighted by atomic mass is 10.1. The molecule has 1 unspecified atom stereocenters. The third kappa shape index (κ3) is 4.06. The van der Waals surface area contributed by atoms with E-state index in [1.165, 1.54) is 29.2 Å². The van der Waals surface area contributed by atoms with Crippen LogP contribution in [-0.2, 0) is 6.54 Å². The maximum atomic E-state index is 6.42. The lowest BCUT2D eigenvalue weighted by Gasteiger charge is -2.29. The van der Waals surface area contributed by atoms with Crippen LogP contribution in [0, 0.1) is 5.92 Å². The number of nitrogens with one attached hydrogen (secondary N) is 1. The molecule has 0 spiro atoms. The van der Waals surface area contributed by atoms with E-state index >= 15 is 0 Å². The van der Waals surface area contributed by atoms with Crippen molar-refractivity contribution in [1.29, 1.82) is 0 Å². The van der Waals surface area contributed by atoms with E-state index in [2.05, 4.69) is 43.2 Å². The van der Waals surface area contributed by atoms with E-state index in [4.69, 9.17) is 11.6 Å². The second-order valence-corrected chi connectivity index (χ2v) is 7.45. The van der Waals surface area contributed by atoms with Gasteiger partial charge in [-0.15, -0.1) is 0 Å². The van der Waals surface area contributed by atoms with Gasteiger partial charge in [0.15, 0.2) is 0 Å². The summed E-state index contributed by atoms with van der Waals surface area (Å²) < 4.78 is 0. The van der Waals surface area contributed by atoms with E-state index in [-0.39, 0.29) is 0 Å². The molecule has 1 saturated heterocycles. The third-order valence-corrected chi connectivity index (χ3v) is 5.28. The second-order valence-electron chi connectivity index (χ2n) is 5.89. The van der Waals surface area contributed by atoms with Gasteiger partial charge < -0.3 is 10.2 Å². The van der Waals surface area contributed by atoms with Crippen molar-refractivity contribution < 1.29 is 0 Å². The Hall–Kier alpha value is -0.380. The second kappa shape index (κ2) is 7.58. The van der Waals surface area contributed by atoms with Crippen molar-refractivity contribution in [2.45, 2.75) is 32.9 Å². The van der Waals surface area contributed by atoms with Crippen LogP contribution < -0.4 is 10.2 Å². The van der Waals surface area contributed by atoms with Crippen LogP contribution in [0.2, 0.25) is 5.02 Å². The predicted molar refractivity (Wildman–Crippen MR) is 92.1 cm³/mol. The van der Waals surface area contributed by atoms with Crippen molar-refractivity contribution in [1.82, 2.24) is 5.32 Å². The summed E-state index contributed by atoms with van der Waals surface area (Å²) in [5.74, 6) is 3.16. The molecule has 2 nitrogen and oxygen atoms in total. The van der Waals surface area contributed by atoms with Gasteiger partial charge in [-0.2, -0.15) is 11.8 Å². The Morgan fingerprint density at radius 1 is 1.45 bits per heavy atom. The first-order chi connectivity index (χ1) is 9.59. The minimum Gasteiger partial charge on any atom is -0.370 e. The Morgan fingerprint density at radius 3 is 2.90 bits per heavy atom. The highest BCUT2D eigenvalue weighted by atomic mass is 35.5. The van der Waals surface area contributed by atoms with E-state index in [0.29, 0.717) is 12.0 Å². The summed E-state index contributed by atoms with van der Waals surface area (Å²) >= 11 is 8.47. The van der Waals surface area contributed by atoms with Gasteiger partial charge in [0.25, 0.3) is 0 Å². The van der Waals surface area contributed by atoms with Crippen molar-refractivity contribution in [3.63, 3.8) is 0 Å². The van der Waals surface area contributed by atoms with Crippen LogP contribution in [-0.4, -0.2) is 31.1 Å². The van der Waals surface area contributed by atoms with Crippen LogP contribution in [0.25, 0.3) is 0 Å². The lowest BCUT2D eigenvalue weighted by molar-refractivity contribution is 0.551. The van der Waals surface area contributed by atoms with Gasteiger partial charge in [0.2, 0.25) is 0 Å². The molecule has 0 bridgehead atoms. The topological polar surface area (TPSA) is 15.3 Å². The molecule has 1 aliphatic rings. The minimum atomic E-state index is 0.641. The molecule has 0 saturated carbocycles. The molecule has 0 radical (unpaired) electrons. The van der Waals surface area contributed by atoms with Crippen molar-refractivity contribution >= 4 is 29.1 Å². The highest BCUT2D eigenvalue weighted by molar-refractivity contribution is 7.99. The molecule has 1 atom stereocenters. The standard InChI is InChI=1S/C16H25ClN2S/c1-12(2)9-18-10-14-15(17)5-4-6-16(14)19(3)13-7-8-20-11-13/h4-6,12-13,18H,7-11H2,1-3H3. The molecule has 0 amide bonds. The number of rotatable bonds is 6. The molecule has 4 heteroatoms. The third-order valence-electron chi connectivity index (χ3n) is 3.78. The number of hydrogen-bond acceptors (Lipinski definition) is 3. The van der Waals surface area contributed by atoms with Gasteiger partial charge in [0, 0.05) is 41.7 Å². The molecule has 0 aromatic heterocycles. The van der Waals surface area contributed by atoms with Crippen LogP contribution in [0.1, 0.15) is 25.8 Å². The molecular weight excluding hydrogens is 288 g/mol. The zero-order valence-electron chi connectivity index (χ0n) is 12.7. The molecule has 1 N–H and O–H groups in total. The van der Waals surface area contributed by atoms with Gasteiger partial charge in [-0.25, -0.2) is 0 Å². The van der Waals surface area contributed by atoms with E-state index in [1.54, 1.807) is 0 Å². The van der Waals surface area contributed by atoms with Gasteiger partial charge in [-0.1, -0.05) is 31.5 Å². The highest BCUT2D eigenvalue weighted by Gasteiger charge is 2.22. The van der Waals surface area contributed by atoms with E-state index in [9.17, 15) is 0 Å². The molecule has 0 aliphatic carbocycles. The number of hydrogen-bond donors (Lipinski definition) is 1. The Bertz CT molecular complexity index is 430. The molecule has 2 rings (SSSR count). The number of halogens is 1. The minimum absolute atomic E-state index is 0.641. The van der Waals surface area contributed by atoms with Crippen molar-refractivity contribution in [2.75, 3.05) is 30.0 Å². The van der Waals surface area contributed by atoms with Gasteiger partial charge in [0.1, 0.15) is 0 Å². The number of nitrogens with zero attached hydrogens (tertiary/aromatic N) is 1.